The van der Waals surface area contributed by atoms with E-state index in [1.165, 1.54) is 11.3 Å². The molecule has 1 aliphatic rings. The topological polar surface area (TPSA) is 88.6 Å². The van der Waals surface area contributed by atoms with E-state index in [0.717, 1.165) is 34.7 Å². The lowest BCUT2D eigenvalue weighted by atomic mass is 10.1. The van der Waals surface area contributed by atoms with Gasteiger partial charge < -0.3 is 4.74 Å². The summed E-state index contributed by atoms with van der Waals surface area (Å²) in [5, 5.41) is 5.17. The Morgan fingerprint density at radius 1 is 0.944 bits per heavy atom. The molecular weight excluding hydrogens is 474 g/mol. The molecule has 1 aromatic heterocycles. The fraction of sp³-hybridized carbons (Fsp3) is 0.143. The van der Waals surface area contributed by atoms with E-state index < -0.39 is 0 Å². The maximum Gasteiger partial charge on any atom is 0.266 e. The van der Waals surface area contributed by atoms with Crippen LogP contribution in [-0.2, 0) is 0 Å². The molecule has 0 atom stereocenters. The molecule has 2 heterocycles. The van der Waals surface area contributed by atoms with Crippen LogP contribution in [-0.4, -0.2) is 29.3 Å². The number of hydrogen-bond donors (Lipinski definition) is 1. The first-order chi connectivity index (χ1) is 17.5. The fourth-order valence-electron chi connectivity index (χ4n) is 3.87. The number of carbonyl (C=O) groups excluding carboxylic acids is 3. The minimum absolute atomic E-state index is 0.329. The Hall–Kier alpha value is -4.30. The largest absolute Gasteiger partial charge is 0.494 e. The van der Waals surface area contributed by atoms with Crippen LogP contribution in [0.25, 0.3) is 11.3 Å². The summed E-state index contributed by atoms with van der Waals surface area (Å²) < 4.78 is 5.70. The summed E-state index contributed by atoms with van der Waals surface area (Å²) in [6.07, 6.45) is 2.10. The lowest BCUT2D eigenvalue weighted by Crippen LogP contribution is -2.29. The molecule has 180 valence electrons. The van der Waals surface area contributed by atoms with Gasteiger partial charge in [0.2, 0.25) is 0 Å². The Morgan fingerprint density at radius 2 is 1.61 bits per heavy atom. The van der Waals surface area contributed by atoms with Crippen molar-refractivity contribution in [2.75, 3.05) is 16.8 Å². The first kappa shape index (κ1) is 23.4. The summed E-state index contributed by atoms with van der Waals surface area (Å²) in [6.45, 7) is 2.82. The third-order valence-electron chi connectivity index (χ3n) is 5.82. The van der Waals surface area contributed by atoms with Gasteiger partial charge in [0, 0.05) is 16.5 Å². The van der Waals surface area contributed by atoms with Crippen LogP contribution < -0.4 is 15.0 Å². The molecule has 0 unspecified atom stereocenters. The maximum atomic E-state index is 12.8. The highest BCUT2D eigenvalue weighted by molar-refractivity contribution is 7.14. The van der Waals surface area contributed by atoms with Crippen molar-refractivity contribution in [3.8, 4) is 17.0 Å². The van der Waals surface area contributed by atoms with Gasteiger partial charge in [-0.15, -0.1) is 11.3 Å². The number of nitrogens with one attached hydrogen (secondary N) is 1. The van der Waals surface area contributed by atoms with E-state index in [-0.39, 0.29) is 17.7 Å². The molecule has 3 amide bonds. The zero-order chi connectivity index (χ0) is 25.1. The number of nitrogens with zero attached hydrogens (tertiary/aromatic N) is 2. The van der Waals surface area contributed by atoms with E-state index in [4.69, 9.17) is 4.74 Å². The lowest BCUT2D eigenvalue weighted by molar-refractivity contribution is 0.0925. The lowest BCUT2D eigenvalue weighted by Gasteiger charge is -2.14. The zero-order valence-corrected chi connectivity index (χ0v) is 20.4. The molecule has 0 aliphatic carbocycles. The summed E-state index contributed by atoms with van der Waals surface area (Å²) in [4.78, 5) is 43.8. The summed E-state index contributed by atoms with van der Waals surface area (Å²) in [5.41, 5.74) is 3.25. The number of aromatic nitrogens is 1. The van der Waals surface area contributed by atoms with Gasteiger partial charge in [0.25, 0.3) is 17.7 Å². The van der Waals surface area contributed by atoms with Crippen molar-refractivity contribution in [2.24, 2.45) is 0 Å². The smallest absolute Gasteiger partial charge is 0.266 e. The van der Waals surface area contributed by atoms with E-state index in [0.29, 0.717) is 34.1 Å². The van der Waals surface area contributed by atoms with Crippen LogP contribution in [0.15, 0.2) is 78.2 Å². The Labute approximate surface area is 212 Å². The molecule has 4 aromatic rings. The van der Waals surface area contributed by atoms with Crippen LogP contribution in [0, 0.1) is 0 Å². The van der Waals surface area contributed by atoms with Gasteiger partial charge in [-0.25, -0.2) is 9.88 Å². The summed E-state index contributed by atoms with van der Waals surface area (Å²) in [5.74, 6) is -0.252. The van der Waals surface area contributed by atoms with Crippen LogP contribution >= 0.6 is 11.3 Å². The number of fused-ring (bicyclic) bond motifs is 1. The molecule has 0 fully saturated rings. The molecule has 1 aliphatic heterocycles. The van der Waals surface area contributed by atoms with Gasteiger partial charge in [-0.05, 0) is 67.1 Å². The molecular formula is C28H23N3O4S. The number of hydrogen-bond acceptors (Lipinski definition) is 6. The van der Waals surface area contributed by atoms with Gasteiger partial charge in [-0.1, -0.05) is 25.5 Å². The number of benzene rings is 3. The molecule has 0 radical (unpaired) electrons. The van der Waals surface area contributed by atoms with Crippen LogP contribution in [0.3, 0.4) is 0 Å². The Balaban J connectivity index is 1.23. The first-order valence-electron chi connectivity index (χ1n) is 11.6. The van der Waals surface area contributed by atoms with Crippen molar-refractivity contribution in [1.29, 1.82) is 0 Å². The molecule has 8 heteroatoms. The predicted octanol–water partition coefficient (Wildman–Crippen LogP) is 6.04. The average Bonchev–Trinajstić information content (AvgIpc) is 3.47. The van der Waals surface area contributed by atoms with Crippen molar-refractivity contribution >= 4 is 39.9 Å². The molecule has 1 N–H and O–H groups in total. The highest BCUT2D eigenvalue weighted by Gasteiger charge is 2.36. The summed E-state index contributed by atoms with van der Waals surface area (Å²) >= 11 is 1.33. The number of carbonyl (C=O) groups is 3. The van der Waals surface area contributed by atoms with Gasteiger partial charge in [0.15, 0.2) is 5.13 Å². The molecule has 7 nitrogen and oxygen atoms in total. The third kappa shape index (κ3) is 4.63. The normalized spacial score (nSPS) is 12.5. The predicted molar refractivity (Wildman–Crippen MR) is 140 cm³/mol. The van der Waals surface area contributed by atoms with E-state index in [2.05, 4.69) is 17.2 Å². The number of unbranched alkanes of at least 4 members (excludes halogenated alkanes) is 1. The van der Waals surface area contributed by atoms with Crippen LogP contribution in [0.5, 0.6) is 5.75 Å². The van der Waals surface area contributed by atoms with Crippen LogP contribution in [0.4, 0.5) is 10.8 Å². The van der Waals surface area contributed by atoms with E-state index >= 15 is 0 Å². The quantitative estimate of drug-likeness (QED) is 0.237. The standard InChI is InChI=1S/C28H23N3O4S/c1-2-3-16-35-21-14-10-18(11-15-21)24-17-36-28(29-24)30-25(32)19-8-12-20(13-9-19)31-26(33)22-6-4-5-7-23(22)27(31)34/h4-15,17H,2-3,16H2,1H3,(H,29,30,32). The number of ether oxygens (including phenoxy) is 1. The van der Waals surface area contributed by atoms with Gasteiger partial charge >= 0.3 is 0 Å². The minimum Gasteiger partial charge on any atom is -0.494 e. The zero-order valence-electron chi connectivity index (χ0n) is 19.6. The van der Waals surface area contributed by atoms with E-state index in [1.54, 1.807) is 48.5 Å². The number of anilines is 2. The second-order valence-corrected chi connectivity index (χ2v) is 9.11. The Bertz CT molecular complexity index is 1390. The van der Waals surface area contributed by atoms with Gasteiger partial charge in [-0.2, -0.15) is 0 Å². The highest BCUT2D eigenvalue weighted by atomic mass is 32.1. The molecule has 3 aromatic carbocycles. The molecule has 0 saturated carbocycles. The van der Waals surface area contributed by atoms with Crippen molar-refractivity contribution in [2.45, 2.75) is 19.8 Å². The van der Waals surface area contributed by atoms with Crippen molar-refractivity contribution < 1.29 is 19.1 Å². The Morgan fingerprint density at radius 3 is 2.25 bits per heavy atom. The second-order valence-electron chi connectivity index (χ2n) is 8.26. The van der Waals surface area contributed by atoms with E-state index in [9.17, 15) is 14.4 Å². The van der Waals surface area contributed by atoms with E-state index in [1.807, 2.05) is 29.6 Å². The van der Waals surface area contributed by atoms with Crippen molar-refractivity contribution in [3.05, 3.63) is 94.9 Å². The number of amides is 3. The second kappa shape index (κ2) is 10.1. The molecule has 0 bridgehead atoms. The van der Waals surface area contributed by atoms with Crippen LogP contribution in [0.1, 0.15) is 50.8 Å². The number of imide groups is 1. The molecule has 0 spiro atoms. The maximum absolute atomic E-state index is 12.8. The highest BCUT2D eigenvalue weighted by Crippen LogP contribution is 2.29. The third-order valence-corrected chi connectivity index (χ3v) is 6.58. The SMILES string of the molecule is CCCCOc1ccc(-c2csc(NC(=O)c3ccc(N4C(=O)c5ccccc5C4=O)cc3)n2)cc1. The van der Waals surface area contributed by atoms with Gasteiger partial charge in [0.1, 0.15) is 5.75 Å². The number of thiazole rings is 1. The Kier molecular flexibility index (Phi) is 6.60. The molecule has 5 rings (SSSR count). The number of rotatable bonds is 8. The molecule has 0 saturated heterocycles. The summed E-state index contributed by atoms with van der Waals surface area (Å²) in [6, 6.07) is 20.8. The monoisotopic (exact) mass is 497 g/mol. The summed E-state index contributed by atoms with van der Waals surface area (Å²) in [7, 11) is 0. The molecule has 36 heavy (non-hydrogen) atoms. The van der Waals surface area contributed by atoms with Gasteiger partial charge in [-0.3, -0.25) is 19.7 Å². The fourth-order valence-corrected chi connectivity index (χ4v) is 4.59. The van der Waals surface area contributed by atoms with Gasteiger partial charge in [0.05, 0.1) is 29.1 Å². The minimum atomic E-state index is -0.372. The van der Waals surface area contributed by atoms with Crippen molar-refractivity contribution in [3.63, 3.8) is 0 Å². The first-order valence-corrected chi connectivity index (χ1v) is 12.5. The van der Waals surface area contributed by atoms with Crippen LogP contribution in [0.2, 0.25) is 0 Å². The van der Waals surface area contributed by atoms with Crippen molar-refractivity contribution in [1.82, 2.24) is 4.98 Å². The average molecular weight is 498 g/mol.